The van der Waals surface area contributed by atoms with Crippen LogP contribution in [-0.2, 0) is 11.2 Å². The smallest absolute Gasteiger partial charge is 0.344 e. The molecule has 18 heavy (non-hydrogen) atoms. The van der Waals surface area contributed by atoms with Gasteiger partial charge in [0.1, 0.15) is 5.75 Å². The molecule has 4 nitrogen and oxygen atoms in total. The molecule has 4 heteroatoms. The van der Waals surface area contributed by atoms with Crippen LogP contribution in [0.15, 0.2) is 24.3 Å². The minimum atomic E-state index is -0.940. The minimum absolute atomic E-state index is 0.255. The van der Waals surface area contributed by atoms with Crippen LogP contribution in [0.2, 0.25) is 0 Å². The van der Waals surface area contributed by atoms with Crippen LogP contribution in [-0.4, -0.2) is 22.7 Å². The molecule has 0 saturated heterocycles. The molecule has 0 radical (unpaired) electrons. The number of carboxylic acids is 1. The van der Waals surface area contributed by atoms with Gasteiger partial charge in [-0.2, -0.15) is 0 Å². The lowest BCUT2D eigenvalue weighted by Gasteiger charge is -2.19. The van der Waals surface area contributed by atoms with Gasteiger partial charge in [-0.1, -0.05) is 19.1 Å². The van der Waals surface area contributed by atoms with Crippen molar-refractivity contribution in [3.05, 3.63) is 29.8 Å². The van der Waals surface area contributed by atoms with Crippen LogP contribution >= 0.6 is 0 Å². The largest absolute Gasteiger partial charge is 0.479 e. The van der Waals surface area contributed by atoms with Crippen molar-refractivity contribution in [2.45, 2.75) is 45.3 Å². The van der Waals surface area contributed by atoms with Crippen LogP contribution in [0.25, 0.3) is 0 Å². The lowest BCUT2D eigenvalue weighted by Crippen LogP contribution is -2.34. The molecule has 0 fully saturated rings. The van der Waals surface area contributed by atoms with Crippen LogP contribution in [0.4, 0.5) is 0 Å². The van der Waals surface area contributed by atoms with Gasteiger partial charge >= 0.3 is 5.97 Å². The van der Waals surface area contributed by atoms with Gasteiger partial charge in [-0.15, -0.1) is 0 Å². The summed E-state index contributed by atoms with van der Waals surface area (Å²) >= 11 is 0. The number of benzene rings is 1. The number of ether oxygens (including phenoxy) is 1. The van der Waals surface area contributed by atoms with Gasteiger partial charge in [0.05, 0.1) is 0 Å². The van der Waals surface area contributed by atoms with Crippen LogP contribution in [0, 0.1) is 0 Å². The SMILES string of the molecule is CCC(Oc1ccc(CC(C)(C)N)cc1)C(=O)O. The zero-order valence-electron chi connectivity index (χ0n) is 11.1. The van der Waals surface area contributed by atoms with Crippen LogP contribution in [0.5, 0.6) is 5.75 Å². The average molecular weight is 251 g/mol. The molecule has 0 aromatic heterocycles. The maximum absolute atomic E-state index is 10.8. The van der Waals surface area contributed by atoms with E-state index in [1.165, 1.54) is 0 Å². The highest BCUT2D eigenvalue weighted by Crippen LogP contribution is 2.17. The Kier molecular flexibility index (Phi) is 4.73. The fourth-order valence-electron chi connectivity index (χ4n) is 1.68. The van der Waals surface area contributed by atoms with Crippen molar-refractivity contribution in [1.29, 1.82) is 0 Å². The van der Waals surface area contributed by atoms with Gasteiger partial charge < -0.3 is 15.6 Å². The summed E-state index contributed by atoms with van der Waals surface area (Å²) in [5, 5.41) is 8.90. The average Bonchev–Trinajstić information content (AvgIpc) is 2.25. The van der Waals surface area contributed by atoms with E-state index in [0.29, 0.717) is 12.2 Å². The summed E-state index contributed by atoms with van der Waals surface area (Å²) in [5.41, 5.74) is 6.79. The predicted octanol–water partition coefficient (Wildman–Crippen LogP) is 2.21. The van der Waals surface area contributed by atoms with Crippen LogP contribution in [0.3, 0.4) is 0 Å². The Morgan fingerprint density at radius 3 is 2.33 bits per heavy atom. The van der Waals surface area contributed by atoms with E-state index in [-0.39, 0.29) is 5.54 Å². The molecule has 0 aliphatic heterocycles. The molecule has 0 aliphatic carbocycles. The van der Waals surface area contributed by atoms with Crippen LogP contribution in [0.1, 0.15) is 32.8 Å². The van der Waals surface area contributed by atoms with Crippen molar-refractivity contribution in [2.75, 3.05) is 0 Å². The minimum Gasteiger partial charge on any atom is -0.479 e. The third kappa shape index (κ3) is 4.75. The van der Waals surface area contributed by atoms with Crippen molar-refractivity contribution in [1.82, 2.24) is 0 Å². The quantitative estimate of drug-likeness (QED) is 0.813. The number of aliphatic carboxylic acids is 1. The molecular weight excluding hydrogens is 230 g/mol. The second kappa shape index (κ2) is 5.87. The predicted molar refractivity (Wildman–Crippen MR) is 70.8 cm³/mol. The zero-order valence-corrected chi connectivity index (χ0v) is 11.1. The number of hydrogen-bond donors (Lipinski definition) is 2. The number of nitrogens with two attached hydrogens (primary N) is 1. The molecule has 1 atom stereocenters. The Morgan fingerprint density at radius 2 is 1.94 bits per heavy atom. The Balaban J connectivity index is 2.68. The van der Waals surface area contributed by atoms with Gasteiger partial charge in [0.2, 0.25) is 0 Å². The van der Waals surface area contributed by atoms with E-state index in [0.717, 1.165) is 12.0 Å². The first-order chi connectivity index (χ1) is 8.31. The lowest BCUT2D eigenvalue weighted by molar-refractivity contribution is -0.145. The summed E-state index contributed by atoms with van der Waals surface area (Å²) in [7, 11) is 0. The van der Waals surface area contributed by atoms with Crippen molar-refractivity contribution in [3.8, 4) is 5.75 Å². The molecule has 0 amide bonds. The van der Waals surface area contributed by atoms with Gasteiger partial charge in [-0.25, -0.2) is 4.79 Å². The standard InChI is InChI=1S/C14H21NO3/c1-4-12(13(16)17)18-11-7-5-10(6-8-11)9-14(2,3)15/h5-8,12H,4,9,15H2,1-3H3,(H,16,17). The molecule has 1 unspecified atom stereocenters. The van der Waals surface area contributed by atoms with Crippen molar-refractivity contribution in [2.24, 2.45) is 5.73 Å². The Labute approximate surface area is 108 Å². The van der Waals surface area contributed by atoms with E-state index in [9.17, 15) is 4.79 Å². The number of carbonyl (C=O) groups is 1. The van der Waals surface area contributed by atoms with Gasteiger partial charge in [0, 0.05) is 5.54 Å². The second-order valence-electron chi connectivity index (χ2n) is 5.16. The zero-order chi connectivity index (χ0) is 13.8. The molecule has 1 rings (SSSR count). The summed E-state index contributed by atoms with van der Waals surface area (Å²) < 4.78 is 5.38. The summed E-state index contributed by atoms with van der Waals surface area (Å²) in [5.74, 6) is -0.368. The Bertz CT molecular complexity index is 392. The molecule has 1 aromatic rings. The normalized spacial score (nSPS) is 13.1. The van der Waals surface area contributed by atoms with Crippen molar-refractivity contribution in [3.63, 3.8) is 0 Å². The molecule has 3 N–H and O–H groups in total. The van der Waals surface area contributed by atoms with E-state index >= 15 is 0 Å². The van der Waals surface area contributed by atoms with Crippen molar-refractivity contribution >= 4 is 5.97 Å². The summed E-state index contributed by atoms with van der Waals surface area (Å²) in [6.45, 7) is 5.72. The fourth-order valence-corrected chi connectivity index (χ4v) is 1.68. The summed E-state index contributed by atoms with van der Waals surface area (Å²) in [4.78, 5) is 10.8. The molecule has 0 heterocycles. The topological polar surface area (TPSA) is 72.5 Å². The third-order valence-corrected chi connectivity index (χ3v) is 2.51. The molecule has 0 bridgehead atoms. The monoisotopic (exact) mass is 251 g/mol. The number of carboxylic acid groups (broad SMARTS) is 1. The molecular formula is C14H21NO3. The first-order valence-electron chi connectivity index (χ1n) is 6.09. The molecule has 0 aliphatic rings. The van der Waals surface area contributed by atoms with Crippen LogP contribution < -0.4 is 10.5 Å². The first kappa shape index (κ1) is 14.5. The van der Waals surface area contributed by atoms with E-state index in [2.05, 4.69) is 0 Å². The van der Waals surface area contributed by atoms with Gasteiger partial charge in [0.25, 0.3) is 0 Å². The second-order valence-corrected chi connectivity index (χ2v) is 5.16. The number of rotatable bonds is 6. The summed E-state index contributed by atoms with van der Waals surface area (Å²) in [6.07, 6.45) is 0.415. The van der Waals surface area contributed by atoms with E-state index in [1.54, 1.807) is 19.1 Å². The first-order valence-corrected chi connectivity index (χ1v) is 6.09. The van der Waals surface area contributed by atoms with Crippen molar-refractivity contribution < 1.29 is 14.6 Å². The molecule has 0 saturated carbocycles. The van der Waals surface area contributed by atoms with Gasteiger partial charge in [-0.05, 0) is 44.4 Å². The van der Waals surface area contributed by atoms with Gasteiger partial charge in [-0.3, -0.25) is 0 Å². The maximum Gasteiger partial charge on any atom is 0.344 e. The molecule has 100 valence electrons. The number of hydrogen-bond acceptors (Lipinski definition) is 3. The lowest BCUT2D eigenvalue weighted by atomic mass is 9.96. The van der Waals surface area contributed by atoms with Gasteiger partial charge in [0.15, 0.2) is 6.10 Å². The molecule has 1 aromatic carbocycles. The van der Waals surface area contributed by atoms with E-state index in [4.69, 9.17) is 15.6 Å². The fraction of sp³-hybridized carbons (Fsp3) is 0.500. The highest BCUT2D eigenvalue weighted by atomic mass is 16.5. The van der Waals surface area contributed by atoms with E-state index in [1.807, 2.05) is 26.0 Å². The maximum atomic E-state index is 10.8. The highest BCUT2D eigenvalue weighted by molar-refractivity contribution is 5.72. The van der Waals surface area contributed by atoms with E-state index < -0.39 is 12.1 Å². The molecule has 0 spiro atoms. The Morgan fingerprint density at radius 1 is 1.39 bits per heavy atom. The Hall–Kier alpha value is -1.55. The summed E-state index contributed by atoms with van der Waals surface area (Å²) in [6, 6.07) is 7.40. The third-order valence-electron chi connectivity index (χ3n) is 2.51. The highest BCUT2D eigenvalue weighted by Gasteiger charge is 2.17.